The third kappa shape index (κ3) is 4.77. The molecule has 2 amide bonds. The third-order valence-corrected chi connectivity index (χ3v) is 5.02. The maximum Gasteiger partial charge on any atom is 0.232 e. The number of nitrogens with zero attached hydrogens (tertiary/aromatic N) is 1. The highest BCUT2D eigenvalue weighted by Crippen LogP contribution is 2.18. The molecule has 1 aromatic carbocycles. The van der Waals surface area contributed by atoms with Gasteiger partial charge in [0.05, 0.1) is 5.25 Å². The Labute approximate surface area is 136 Å². The molecule has 0 aromatic heterocycles. The van der Waals surface area contributed by atoms with Crippen LogP contribution in [-0.2, 0) is 16.0 Å². The quantitative estimate of drug-likeness (QED) is 0.835. The molecule has 0 spiro atoms. The van der Waals surface area contributed by atoms with Gasteiger partial charge in [0.1, 0.15) is 0 Å². The van der Waals surface area contributed by atoms with Gasteiger partial charge in [-0.05, 0) is 25.2 Å². The minimum absolute atomic E-state index is 0.0358. The van der Waals surface area contributed by atoms with Crippen LogP contribution in [0.1, 0.15) is 18.9 Å². The number of nitrogens with one attached hydrogen (secondary N) is 1. The van der Waals surface area contributed by atoms with Gasteiger partial charge in [-0.3, -0.25) is 9.59 Å². The van der Waals surface area contributed by atoms with Gasteiger partial charge in [0, 0.05) is 32.0 Å². The van der Waals surface area contributed by atoms with E-state index in [0.29, 0.717) is 13.0 Å². The molecule has 0 aliphatic carbocycles. The highest BCUT2D eigenvalue weighted by Gasteiger charge is 2.29. The highest BCUT2D eigenvalue weighted by atomic mass is 32.2. The monoisotopic (exact) mass is 320 g/mol. The van der Waals surface area contributed by atoms with Crippen LogP contribution >= 0.6 is 11.8 Å². The first-order chi connectivity index (χ1) is 10.6. The summed E-state index contributed by atoms with van der Waals surface area (Å²) in [5.41, 5.74) is 1.25. The van der Waals surface area contributed by atoms with Crippen molar-refractivity contribution in [1.29, 1.82) is 0 Å². The Morgan fingerprint density at radius 1 is 1.41 bits per heavy atom. The summed E-state index contributed by atoms with van der Waals surface area (Å²) in [4.78, 5) is 25.7. The second kappa shape index (κ2) is 8.22. The van der Waals surface area contributed by atoms with Crippen molar-refractivity contribution >= 4 is 23.6 Å². The largest absolute Gasteiger partial charge is 0.355 e. The average Bonchev–Trinajstić information content (AvgIpc) is 2.90. The van der Waals surface area contributed by atoms with E-state index in [2.05, 4.69) is 17.4 Å². The fourth-order valence-corrected chi connectivity index (χ4v) is 2.91. The van der Waals surface area contributed by atoms with Crippen molar-refractivity contribution in [3.8, 4) is 0 Å². The Balaban J connectivity index is 1.75. The minimum atomic E-state index is -0.0358. The molecule has 120 valence electrons. The summed E-state index contributed by atoms with van der Waals surface area (Å²) in [5.74, 6) is 0.497. The zero-order valence-electron chi connectivity index (χ0n) is 13.2. The molecule has 1 aliphatic heterocycles. The number of hydrogen-bond acceptors (Lipinski definition) is 3. The van der Waals surface area contributed by atoms with E-state index in [1.54, 1.807) is 0 Å². The van der Waals surface area contributed by atoms with Crippen LogP contribution < -0.4 is 5.32 Å². The number of thioether (sulfide) groups is 1. The number of rotatable bonds is 7. The molecule has 4 nitrogen and oxygen atoms in total. The Hall–Kier alpha value is -1.49. The molecule has 1 heterocycles. The van der Waals surface area contributed by atoms with Crippen LogP contribution in [0.4, 0.5) is 0 Å². The van der Waals surface area contributed by atoms with Crippen molar-refractivity contribution < 1.29 is 9.59 Å². The van der Waals surface area contributed by atoms with Crippen LogP contribution in [-0.4, -0.2) is 47.9 Å². The lowest BCUT2D eigenvalue weighted by Crippen LogP contribution is -2.35. The fraction of sp³-hybridized carbons (Fsp3) is 0.529. The molecule has 0 bridgehead atoms. The van der Waals surface area contributed by atoms with Crippen LogP contribution in [0, 0.1) is 5.92 Å². The second-order valence-corrected chi connectivity index (χ2v) is 6.95. The SMILES string of the molecule is CS[C@@H](C)C(=O)NC[C@H]1CC(=O)N(CCc2ccccc2)C1. The predicted octanol–water partition coefficient (Wildman–Crippen LogP) is 1.95. The summed E-state index contributed by atoms with van der Waals surface area (Å²) in [6.07, 6.45) is 3.35. The molecule has 0 unspecified atom stereocenters. The predicted molar refractivity (Wildman–Crippen MR) is 90.8 cm³/mol. The smallest absolute Gasteiger partial charge is 0.232 e. The molecule has 2 rings (SSSR count). The summed E-state index contributed by atoms with van der Waals surface area (Å²) in [7, 11) is 0. The van der Waals surface area contributed by atoms with E-state index in [0.717, 1.165) is 19.5 Å². The van der Waals surface area contributed by atoms with Gasteiger partial charge < -0.3 is 10.2 Å². The van der Waals surface area contributed by atoms with Gasteiger partial charge in [-0.1, -0.05) is 30.3 Å². The summed E-state index contributed by atoms with van der Waals surface area (Å²) < 4.78 is 0. The lowest BCUT2D eigenvalue weighted by atomic mass is 10.1. The molecule has 0 radical (unpaired) electrons. The van der Waals surface area contributed by atoms with Crippen LogP contribution in [0.2, 0.25) is 0 Å². The molecule has 2 atom stereocenters. The highest BCUT2D eigenvalue weighted by molar-refractivity contribution is 7.99. The van der Waals surface area contributed by atoms with Crippen LogP contribution in [0.5, 0.6) is 0 Å². The fourth-order valence-electron chi connectivity index (χ4n) is 2.61. The second-order valence-electron chi connectivity index (χ2n) is 5.77. The lowest BCUT2D eigenvalue weighted by Gasteiger charge is -2.17. The molecule has 0 saturated carbocycles. The standard InChI is InChI=1S/C17H24N2O2S/c1-13(22-2)17(21)18-11-15-10-16(20)19(12-15)9-8-14-6-4-3-5-7-14/h3-7,13,15H,8-12H2,1-2H3,(H,18,21)/t13-,15+/m0/s1. The maximum absolute atomic E-state index is 12.0. The van der Waals surface area contributed by atoms with Crippen LogP contribution in [0.3, 0.4) is 0 Å². The number of likely N-dealkylation sites (tertiary alicyclic amines) is 1. The van der Waals surface area contributed by atoms with Crippen molar-refractivity contribution in [2.24, 2.45) is 5.92 Å². The number of carbonyl (C=O) groups is 2. The maximum atomic E-state index is 12.0. The van der Waals surface area contributed by atoms with Crippen molar-refractivity contribution in [2.75, 3.05) is 25.9 Å². The molecular weight excluding hydrogens is 296 g/mol. The van der Waals surface area contributed by atoms with E-state index in [9.17, 15) is 9.59 Å². The topological polar surface area (TPSA) is 49.4 Å². The van der Waals surface area contributed by atoms with Gasteiger partial charge in [-0.2, -0.15) is 11.8 Å². The molecule has 22 heavy (non-hydrogen) atoms. The molecule has 1 N–H and O–H groups in total. The molecule has 1 fully saturated rings. The van der Waals surface area contributed by atoms with Gasteiger partial charge in [-0.25, -0.2) is 0 Å². The first kappa shape index (κ1) is 16.9. The number of benzene rings is 1. The van der Waals surface area contributed by atoms with Crippen molar-refractivity contribution in [1.82, 2.24) is 10.2 Å². The Bertz CT molecular complexity index is 507. The normalized spacial score (nSPS) is 19.3. The molecule has 1 saturated heterocycles. The van der Waals surface area contributed by atoms with Gasteiger partial charge in [0.15, 0.2) is 0 Å². The number of amides is 2. The minimum Gasteiger partial charge on any atom is -0.355 e. The molecular formula is C17H24N2O2S. The Morgan fingerprint density at radius 2 is 2.14 bits per heavy atom. The van der Waals surface area contributed by atoms with Gasteiger partial charge in [0.2, 0.25) is 11.8 Å². The van der Waals surface area contributed by atoms with Crippen molar-refractivity contribution in [3.63, 3.8) is 0 Å². The summed E-state index contributed by atoms with van der Waals surface area (Å²) >= 11 is 1.53. The Kier molecular flexibility index (Phi) is 6.31. The lowest BCUT2D eigenvalue weighted by molar-refractivity contribution is -0.127. The average molecular weight is 320 g/mol. The van der Waals surface area contributed by atoms with Crippen molar-refractivity contribution in [3.05, 3.63) is 35.9 Å². The zero-order chi connectivity index (χ0) is 15.9. The first-order valence-corrected chi connectivity index (χ1v) is 9.01. The molecule has 1 aromatic rings. The van der Waals surface area contributed by atoms with Gasteiger partial charge in [-0.15, -0.1) is 0 Å². The van der Waals surface area contributed by atoms with E-state index in [1.165, 1.54) is 17.3 Å². The first-order valence-electron chi connectivity index (χ1n) is 7.72. The van der Waals surface area contributed by atoms with Gasteiger partial charge in [0.25, 0.3) is 0 Å². The van der Waals surface area contributed by atoms with E-state index < -0.39 is 0 Å². The van der Waals surface area contributed by atoms with E-state index in [4.69, 9.17) is 0 Å². The van der Waals surface area contributed by atoms with E-state index in [-0.39, 0.29) is 23.0 Å². The van der Waals surface area contributed by atoms with Gasteiger partial charge >= 0.3 is 0 Å². The Morgan fingerprint density at radius 3 is 2.82 bits per heavy atom. The van der Waals surface area contributed by atoms with Crippen molar-refractivity contribution in [2.45, 2.75) is 25.0 Å². The summed E-state index contributed by atoms with van der Waals surface area (Å²) in [5, 5.41) is 2.92. The molecule has 1 aliphatic rings. The third-order valence-electron chi connectivity index (χ3n) is 4.10. The van der Waals surface area contributed by atoms with E-state index >= 15 is 0 Å². The van der Waals surface area contributed by atoms with Crippen LogP contribution in [0.15, 0.2) is 30.3 Å². The number of carbonyl (C=O) groups excluding carboxylic acids is 2. The van der Waals surface area contributed by atoms with E-state index in [1.807, 2.05) is 36.3 Å². The molecule has 5 heteroatoms. The zero-order valence-corrected chi connectivity index (χ0v) is 14.1. The number of hydrogen-bond donors (Lipinski definition) is 1. The summed E-state index contributed by atoms with van der Waals surface area (Å²) in [6.45, 7) is 4.00. The van der Waals surface area contributed by atoms with Crippen LogP contribution in [0.25, 0.3) is 0 Å². The summed E-state index contributed by atoms with van der Waals surface area (Å²) in [6, 6.07) is 10.2.